The molecule has 0 amide bonds. The third kappa shape index (κ3) is 11.6. The van der Waals surface area contributed by atoms with Crippen molar-refractivity contribution in [1.29, 1.82) is 0 Å². The van der Waals surface area contributed by atoms with Crippen molar-refractivity contribution >= 4 is 23.9 Å². The molecule has 1 atom stereocenters. The highest BCUT2D eigenvalue weighted by molar-refractivity contribution is 5.93. The van der Waals surface area contributed by atoms with Crippen LogP contribution in [0.2, 0.25) is 0 Å². The zero-order valence-corrected chi connectivity index (χ0v) is 18.3. The lowest BCUT2D eigenvalue weighted by Crippen LogP contribution is -2.46. The Morgan fingerprint density at radius 2 is 1.17 bits per heavy atom. The summed E-state index contributed by atoms with van der Waals surface area (Å²) in [5, 5.41) is 0. The Hall–Kier alpha value is -1.96. The number of unbranched alkanes of at least 4 members (excludes halogenated alkanes) is 8. The Kier molecular flexibility index (Phi) is 14.8. The SMILES string of the molecule is CCCCCCCCCCCC(=O)OC(=O)CC(CC(=O)OC)(OC)C(=O)OC. The minimum absolute atomic E-state index is 0.122. The zero-order chi connectivity index (χ0) is 22.1. The maximum atomic E-state index is 12.1. The zero-order valence-electron chi connectivity index (χ0n) is 18.3. The summed E-state index contributed by atoms with van der Waals surface area (Å²) < 4.78 is 19.0. The molecule has 0 fully saturated rings. The first-order chi connectivity index (χ1) is 13.8. The van der Waals surface area contributed by atoms with Crippen LogP contribution in [-0.4, -0.2) is 50.8 Å². The quantitative estimate of drug-likeness (QED) is 0.163. The van der Waals surface area contributed by atoms with E-state index in [0.717, 1.165) is 40.6 Å². The van der Waals surface area contributed by atoms with Crippen LogP contribution < -0.4 is 0 Å². The number of hydrogen-bond donors (Lipinski definition) is 0. The summed E-state index contributed by atoms with van der Waals surface area (Å²) in [4.78, 5) is 47.6. The van der Waals surface area contributed by atoms with Crippen LogP contribution in [-0.2, 0) is 38.1 Å². The fourth-order valence-electron chi connectivity index (χ4n) is 2.95. The van der Waals surface area contributed by atoms with Gasteiger partial charge < -0.3 is 18.9 Å². The van der Waals surface area contributed by atoms with Gasteiger partial charge in [-0.1, -0.05) is 58.3 Å². The first kappa shape index (κ1) is 27.0. The lowest BCUT2D eigenvalue weighted by Gasteiger charge is -2.27. The van der Waals surface area contributed by atoms with Crippen LogP contribution >= 0.6 is 0 Å². The summed E-state index contributed by atoms with van der Waals surface area (Å²) in [5.41, 5.74) is -1.89. The smallest absolute Gasteiger partial charge is 0.339 e. The molecule has 0 bridgehead atoms. The average molecular weight is 417 g/mol. The molecule has 0 aromatic heterocycles. The van der Waals surface area contributed by atoms with Gasteiger partial charge >= 0.3 is 23.9 Å². The minimum atomic E-state index is -1.89. The number of carbonyl (C=O) groups excluding carboxylic acids is 4. The summed E-state index contributed by atoms with van der Waals surface area (Å²) in [5.74, 6) is -3.30. The number of hydrogen-bond acceptors (Lipinski definition) is 8. The fourth-order valence-corrected chi connectivity index (χ4v) is 2.95. The topological polar surface area (TPSA) is 105 Å². The van der Waals surface area contributed by atoms with Crippen molar-refractivity contribution in [3.05, 3.63) is 0 Å². The Bertz CT molecular complexity index is 517. The molecular weight excluding hydrogens is 380 g/mol. The Morgan fingerprint density at radius 3 is 1.66 bits per heavy atom. The van der Waals surface area contributed by atoms with E-state index in [4.69, 9.17) is 9.47 Å². The molecule has 1 unspecified atom stereocenters. The molecule has 0 aromatic rings. The average Bonchev–Trinajstić information content (AvgIpc) is 2.70. The molecule has 0 N–H and O–H groups in total. The van der Waals surface area contributed by atoms with Crippen molar-refractivity contribution in [2.45, 2.75) is 89.6 Å². The molecule has 0 aromatic carbocycles. The van der Waals surface area contributed by atoms with Crippen molar-refractivity contribution in [2.24, 2.45) is 0 Å². The number of ether oxygens (including phenoxy) is 4. The van der Waals surface area contributed by atoms with Gasteiger partial charge in [0.25, 0.3) is 0 Å². The van der Waals surface area contributed by atoms with Crippen LogP contribution in [0, 0.1) is 0 Å². The number of rotatable bonds is 16. The fraction of sp³-hybridized carbons (Fsp3) is 0.810. The second-order valence-corrected chi connectivity index (χ2v) is 7.04. The highest BCUT2D eigenvalue weighted by atomic mass is 16.6. The van der Waals surface area contributed by atoms with Crippen LogP contribution in [0.5, 0.6) is 0 Å². The lowest BCUT2D eigenvalue weighted by molar-refractivity contribution is -0.180. The Morgan fingerprint density at radius 1 is 0.655 bits per heavy atom. The maximum Gasteiger partial charge on any atom is 0.339 e. The van der Waals surface area contributed by atoms with E-state index >= 15 is 0 Å². The van der Waals surface area contributed by atoms with E-state index in [1.165, 1.54) is 32.1 Å². The largest absolute Gasteiger partial charge is 0.469 e. The molecule has 0 spiro atoms. The van der Waals surface area contributed by atoms with Gasteiger partial charge in [0.05, 0.1) is 27.1 Å². The third-order valence-corrected chi connectivity index (χ3v) is 4.75. The molecule has 8 nitrogen and oxygen atoms in total. The molecule has 0 rings (SSSR count). The van der Waals surface area contributed by atoms with Crippen molar-refractivity contribution in [3.8, 4) is 0 Å². The number of carbonyl (C=O) groups is 4. The molecule has 0 aliphatic rings. The van der Waals surface area contributed by atoms with Crippen LogP contribution in [0.1, 0.15) is 84.0 Å². The van der Waals surface area contributed by atoms with E-state index in [9.17, 15) is 19.2 Å². The monoisotopic (exact) mass is 416 g/mol. The second kappa shape index (κ2) is 15.9. The van der Waals surface area contributed by atoms with Gasteiger partial charge in [-0.3, -0.25) is 14.4 Å². The molecule has 0 aliphatic heterocycles. The van der Waals surface area contributed by atoms with Gasteiger partial charge in [0.2, 0.25) is 0 Å². The van der Waals surface area contributed by atoms with Crippen LogP contribution in [0.25, 0.3) is 0 Å². The first-order valence-corrected chi connectivity index (χ1v) is 10.3. The molecule has 29 heavy (non-hydrogen) atoms. The molecule has 8 heteroatoms. The molecule has 0 saturated carbocycles. The molecule has 0 radical (unpaired) electrons. The first-order valence-electron chi connectivity index (χ1n) is 10.3. The van der Waals surface area contributed by atoms with Gasteiger partial charge in [-0.05, 0) is 6.42 Å². The van der Waals surface area contributed by atoms with Gasteiger partial charge in [0, 0.05) is 13.5 Å². The van der Waals surface area contributed by atoms with E-state index in [-0.39, 0.29) is 6.42 Å². The van der Waals surface area contributed by atoms with Crippen molar-refractivity contribution in [1.82, 2.24) is 0 Å². The Balaban J connectivity index is 4.31. The molecular formula is C21H36O8. The van der Waals surface area contributed by atoms with Gasteiger partial charge in [-0.15, -0.1) is 0 Å². The van der Waals surface area contributed by atoms with Crippen LogP contribution in [0.15, 0.2) is 0 Å². The maximum absolute atomic E-state index is 12.1. The second-order valence-electron chi connectivity index (χ2n) is 7.04. The molecule has 0 saturated heterocycles. The number of methoxy groups -OCH3 is 3. The molecule has 0 heterocycles. The van der Waals surface area contributed by atoms with E-state index in [2.05, 4.69) is 16.4 Å². The molecule has 0 aliphatic carbocycles. The predicted octanol–water partition coefficient (Wildman–Crippen LogP) is 3.49. The highest BCUT2D eigenvalue weighted by Gasteiger charge is 2.45. The predicted molar refractivity (Wildman–Crippen MR) is 106 cm³/mol. The summed E-state index contributed by atoms with van der Waals surface area (Å²) in [6.07, 6.45) is 8.90. The van der Waals surface area contributed by atoms with Gasteiger partial charge in [-0.2, -0.15) is 0 Å². The Labute approximate surface area is 173 Å². The number of esters is 4. The van der Waals surface area contributed by atoms with E-state index in [1.54, 1.807) is 0 Å². The summed E-state index contributed by atoms with van der Waals surface area (Å²) in [6.45, 7) is 2.19. The minimum Gasteiger partial charge on any atom is -0.469 e. The van der Waals surface area contributed by atoms with E-state index in [0.29, 0.717) is 6.42 Å². The standard InChI is InChI=1S/C21H36O8/c1-5-6-7-8-9-10-11-12-13-14-17(22)29-19(24)16-21(28-4,20(25)27-3)15-18(23)26-2/h5-16H2,1-4H3. The lowest BCUT2D eigenvalue weighted by atomic mass is 9.95. The normalized spacial score (nSPS) is 12.7. The van der Waals surface area contributed by atoms with Crippen LogP contribution in [0.3, 0.4) is 0 Å². The third-order valence-electron chi connectivity index (χ3n) is 4.75. The summed E-state index contributed by atoms with van der Waals surface area (Å²) in [6, 6.07) is 0. The van der Waals surface area contributed by atoms with E-state index in [1.807, 2.05) is 0 Å². The van der Waals surface area contributed by atoms with Crippen LogP contribution in [0.4, 0.5) is 0 Å². The van der Waals surface area contributed by atoms with Crippen molar-refractivity contribution in [3.63, 3.8) is 0 Å². The summed E-state index contributed by atoms with van der Waals surface area (Å²) in [7, 11) is 3.41. The van der Waals surface area contributed by atoms with E-state index < -0.39 is 42.3 Å². The highest BCUT2D eigenvalue weighted by Crippen LogP contribution is 2.24. The van der Waals surface area contributed by atoms with Gasteiger partial charge in [-0.25, -0.2) is 4.79 Å². The summed E-state index contributed by atoms with van der Waals surface area (Å²) >= 11 is 0. The van der Waals surface area contributed by atoms with Gasteiger partial charge in [0.1, 0.15) is 0 Å². The van der Waals surface area contributed by atoms with Crippen molar-refractivity contribution < 1.29 is 38.1 Å². The van der Waals surface area contributed by atoms with Crippen molar-refractivity contribution in [2.75, 3.05) is 21.3 Å². The molecule has 168 valence electrons. The van der Waals surface area contributed by atoms with Gasteiger partial charge in [0.15, 0.2) is 5.60 Å².